The highest BCUT2D eigenvalue weighted by Crippen LogP contribution is 2.44. The molecule has 138 valence electrons. The van der Waals surface area contributed by atoms with Gasteiger partial charge in [0.05, 0.1) is 19.8 Å². The summed E-state index contributed by atoms with van der Waals surface area (Å²) in [5.41, 5.74) is 0. The van der Waals surface area contributed by atoms with Gasteiger partial charge in [-0.2, -0.15) is 0 Å². The molecule has 3 atom stereocenters. The summed E-state index contributed by atoms with van der Waals surface area (Å²) < 4.78 is 10.7. The van der Waals surface area contributed by atoms with Crippen LogP contribution in [0.2, 0.25) is 0 Å². The maximum atomic E-state index is 5.70. The molecule has 0 aromatic heterocycles. The van der Waals surface area contributed by atoms with Crippen molar-refractivity contribution < 1.29 is 9.47 Å². The molecule has 5 nitrogen and oxygen atoms in total. The van der Waals surface area contributed by atoms with Crippen molar-refractivity contribution in [1.82, 2.24) is 10.2 Å². The smallest absolute Gasteiger partial charge is 0.193 e. The lowest BCUT2D eigenvalue weighted by atomic mass is 9.85. The van der Waals surface area contributed by atoms with Gasteiger partial charge in [-0.15, -0.1) is 0 Å². The number of likely N-dealkylation sites (tertiary alicyclic amines) is 1. The van der Waals surface area contributed by atoms with Crippen molar-refractivity contribution in [2.45, 2.75) is 51.0 Å². The van der Waals surface area contributed by atoms with Gasteiger partial charge in [-0.1, -0.05) is 32.1 Å². The van der Waals surface area contributed by atoms with Crippen LogP contribution in [0.15, 0.2) is 4.99 Å². The lowest BCUT2D eigenvalue weighted by Gasteiger charge is -2.24. The van der Waals surface area contributed by atoms with E-state index >= 15 is 0 Å². The first-order valence-corrected chi connectivity index (χ1v) is 9.86. The second-order valence-corrected chi connectivity index (χ2v) is 7.76. The third-order valence-electron chi connectivity index (χ3n) is 5.99. The van der Waals surface area contributed by atoms with E-state index in [4.69, 9.17) is 9.47 Å². The third-order valence-corrected chi connectivity index (χ3v) is 5.99. The quantitative estimate of drug-likeness (QED) is 0.440. The topological polar surface area (TPSA) is 46.1 Å². The molecule has 1 heterocycles. The molecule has 5 heteroatoms. The van der Waals surface area contributed by atoms with Crippen molar-refractivity contribution >= 4 is 5.96 Å². The van der Waals surface area contributed by atoms with E-state index in [0.29, 0.717) is 25.2 Å². The Morgan fingerprint density at radius 1 is 1.17 bits per heavy atom. The molecule has 3 unspecified atom stereocenters. The minimum Gasteiger partial charge on any atom is -0.382 e. The maximum absolute atomic E-state index is 5.70. The van der Waals surface area contributed by atoms with Crippen LogP contribution in [0.3, 0.4) is 0 Å². The van der Waals surface area contributed by atoms with E-state index in [9.17, 15) is 0 Å². The van der Waals surface area contributed by atoms with Crippen molar-refractivity contribution in [2.75, 3.05) is 47.1 Å². The van der Waals surface area contributed by atoms with Crippen LogP contribution in [0, 0.1) is 17.8 Å². The zero-order chi connectivity index (χ0) is 16.8. The molecule has 0 spiro atoms. The zero-order valence-corrected chi connectivity index (χ0v) is 15.5. The monoisotopic (exact) mass is 337 g/mol. The molecular weight excluding hydrogens is 302 g/mol. The van der Waals surface area contributed by atoms with E-state index in [2.05, 4.69) is 15.2 Å². The molecule has 3 rings (SSSR count). The number of nitrogens with one attached hydrogen (secondary N) is 1. The van der Waals surface area contributed by atoms with Crippen molar-refractivity contribution in [3.05, 3.63) is 0 Å². The number of aliphatic imine (C=N–C) groups is 1. The van der Waals surface area contributed by atoms with Crippen LogP contribution in [0.4, 0.5) is 0 Å². The number of rotatable bonds is 7. The summed E-state index contributed by atoms with van der Waals surface area (Å²) in [5.74, 6) is 3.60. The second-order valence-electron chi connectivity index (χ2n) is 7.76. The van der Waals surface area contributed by atoms with Crippen LogP contribution in [-0.2, 0) is 9.47 Å². The average molecular weight is 338 g/mol. The van der Waals surface area contributed by atoms with Crippen LogP contribution in [0.5, 0.6) is 0 Å². The first kappa shape index (κ1) is 18.0. The lowest BCUT2D eigenvalue weighted by molar-refractivity contribution is 0.0536. The highest BCUT2D eigenvalue weighted by Gasteiger charge is 2.44. The molecule has 0 aromatic carbocycles. The number of methoxy groups -OCH3 is 1. The van der Waals surface area contributed by atoms with Gasteiger partial charge in [0.1, 0.15) is 0 Å². The van der Waals surface area contributed by atoms with Gasteiger partial charge in [0, 0.05) is 39.2 Å². The SMILES string of the molecule is CN=C(NC1CC1C1CCCCC1)N1CCC(COCCOC)C1. The molecule has 0 aromatic rings. The molecule has 2 aliphatic carbocycles. The molecule has 0 radical (unpaired) electrons. The van der Waals surface area contributed by atoms with Crippen LogP contribution in [0.1, 0.15) is 44.9 Å². The molecular formula is C19H35N3O2. The number of ether oxygens (including phenoxy) is 2. The Morgan fingerprint density at radius 3 is 2.75 bits per heavy atom. The molecule has 24 heavy (non-hydrogen) atoms. The summed E-state index contributed by atoms with van der Waals surface area (Å²) in [4.78, 5) is 6.96. The average Bonchev–Trinajstić information content (AvgIpc) is 3.24. The minimum atomic E-state index is 0.619. The Bertz CT molecular complexity index is 409. The number of nitrogens with zero attached hydrogens (tertiary/aromatic N) is 2. The summed E-state index contributed by atoms with van der Waals surface area (Å²) >= 11 is 0. The zero-order valence-electron chi connectivity index (χ0n) is 15.5. The Morgan fingerprint density at radius 2 is 2.00 bits per heavy atom. The summed E-state index contributed by atoms with van der Waals surface area (Å²) in [6, 6.07) is 0.670. The summed E-state index contributed by atoms with van der Waals surface area (Å²) in [6.07, 6.45) is 9.78. The Kier molecular flexibility index (Phi) is 6.78. The fourth-order valence-corrected chi connectivity index (χ4v) is 4.48. The Balaban J connectivity index is 1.38. The Hall–Kier alpha value is -0.810. The largest absolute Gasteiger partial charge is 0.382 e. The van der Waals surface area contributed by atoms with Crippen LogP contribution >= 0.6 is 0 Å². The van der Waals surface area contributed by atoms with Gasteiger partial charge in [-0.05, 0) is 24.7 Å². The van der Waals surface area contributed by atoms with Gasteiger partial charge < -0.3 is 19.7 Å². The normalized spacial score (nSPS) is 31.5. The van der Waals surface area contributed by atoms with Crippen molar-refractivity contribution in [3.63, 3.8) is 0 Å². The fourth-order valence-electron chi connectivity index (χ4n) is 4.48. The van der Waals surface area contributed by atoms with E-state index in [0.717, 1.165) is 37.5 Å². The number of guanidine groups is 1. The maximum Gasteiger partial charge on any atom is 0.193 e. The molecule has 0 amide bonds. The lowest BCUT2D eigenvalue weighted by Crippen LogP contribution is -2.42. The summed E-state index contributed by atoms with van der Waals surface area (Å²) in [6.45, 7) is 4.38. The van der Waals surface area contributed by atoms with Gasteiger partial charge >= 0.3 is 0 Å². The predicted octanol–water partition coefficient (Wildman–Crippen LogP) is 2.52. The van der Waals surface area contributed by atoms with Gasteiger partial charge in [0.2, 0.25) is 0 Å². The molecule has 3 fully saturated rings. The first-order chi connectivity index (χ1) is 11.8. The first-order valence-electron chi connectivity index (χ1n) is 9.86. The molecule has 3 aliphatic rings. The van der Waals surface area contributed by atoms with Gasteiger partial charge in [-0.3, -0.25) is 4.99 Å². The highest BCUT2D eigenvalue weighted by atomic mass is 16.5. The molecule has 2 saturated carbocycles. The van der Waals surface area contributed by atoms with Crippen molar-refractivity contribution in [3.8, 4) is 0 Å². The molecule has 1 saturated heterocycles. The standard InChI is InChI=1S/C19H35N3O2/c1-20-19(21-18-12-17(18)16-6-4-3-5-7-16)22-9-8-15(13-22)14-24-11-10-23-2/h15-18H,3-14H2,1-2H3,(H,20,21). The highest BCUT2D eigenvalue weighted by molar-refractivity contribution is 5.80. The van der Waals surface area contributed by atoms with E-state index in [-0.39, 0.29) is 0 Å². The number of hydrogen-bond acceptors (Lipinski definition) is 3. The summed E-state index contributed by atoms with van der Waals surface area (Å²) in [5, 5.41) is 3.74. The van der Waals surface area contributed by atoms with E-state index < -0.39 is 0 Å². The van der Waals surface area contributed by atoms with Crippen molar-refractivity contribution in [1.29, 1.82) is 0 Å². The number of hydrogen-bond donors (Lipinski definition) is 1. The van der Waals surface area contributed by atoms with E-state index in [1.54, 1.807) is 7.11 Å². The van der Waals surface area contributed by atoms with Gasteiger partial charge in [0.25, 0.3) is 0 Å². The van der Waals surface area contributed by atoms with Crippen LogP contribution < -0.4 is 5.32 Å². The van der Waals surface area contributed by atoms with Crippen LogP contribution in [-0.4, -0.2) is 64.0 Å². The molecule has 1 aliphatic heterocycles. The summed E-state index contributed by atoms with van der Waals surface area (Å²) in [7, 11) is 3.64. The molecule has 1 N–H and O–H groups in total. The van der Waals surface area contributed by atoms with E-state index in [1.807, 2.05) is 7.05 Å². The van der Waals surface area contributed by atoms with Gasteiger partial charge in [-0.25, -0.2) is 0 Å². The molecule has 0 bridgehead atoms. The second kappa shape index (κ2) is 9.04. The predicted molar refractivity (Wildman–Crippen MR) is 97.3 cm³/mol. The van der Waals surface area contributed by atoms with Gasteiger partial charge in [0.15, 0.2) is 5.96 Å². The van der Waals surface area contributed by atoms with Crippen molar-refractivity contribution in [2.24, 2.45) is 22.7 Å². The van der Waals surface area contributed by atoms with Crippen LogP contribution in [0.25, 0.3) is 0 Å². The van der Waals surface area contributed by atoms with E-state index in [1.165, 1.54) is 44.9 Å². The Labute approximate surface area is 147 Å². The third kappa shape index (κ3) is 4.85. The minimum absolute atomic E-state index is 0.619. The fraction of sp³-hybridized carbons (Fsp3) is 0.947.